The van der Waals surface area contributed by atoms with Gasteiger partial charge in [-0.25, -0.2) is 12.9 Å². The van der Waals surface area contributed by atoms with E-state index in [1.54, 1.807) is 21.0 Å². The maximum atomic E-state index is 13.6. The zero-order valence-electron chi connectivity index (χ0n) is 23.1. The lowest BCUT2D eigenvalue weighted by Crippen LogP contribution is -2.42. The molecule has 2 unspecified atom stereocenters. The summed E-state index contributed by atoms with van der Waals surface area (Å²) in [5.74, 6) is 1.28. The van der Waals surface area contributed by atoms with Gasteiger partial charge >= 0.3 is 0 Å². The van der Waals surface area contributed by atoms with Crippen LogP contribution in [0.15, 0.2) is 47.5 Å². The second-order valence-electron chi connectivity index (χ2n) is 11.5. The Kier molecular flexibility index (Phi) is 7.26. The Morgan fingerprint density at radius 2 is 1.63 bits per heavy atom. The summed E-state index contributed by atoms with van der Waals surface area (Å²) in [6, 6.07) is 11.2. The summed E-state index contributed by atoms with van der Waals surface area (Å²) in [7, 11) is 0.339. The minimum Gasteiger partial charge on any atom is -0.378 e. The zero-order chi connectivity index (χ0) is 27.2. The van der Waals surface area contributed by atoms with Crippen molar-refractivity contribution in [3.05, 3.63) is 59.4 Å². The predicted octanol–water partition coefficient (Wildman–Crippen LogP) is 4.40. The summed E-state index contributed by atoms with van der Waals surface area (Å²) in [6.07, 6.45) is 4.56. The molecule has 0 spiro atoms. The van der Waals surface area contributed by atoms with Crippen molar-refractivity contribution in [2.45, 2.75) is 50.8 Å². The van der Waals surface area contributed by atoms with Gasteiger partial charge in [-0.1, -0.05) is 13.8 Å². The quantitative estimate of drug-likeness (QED) is 0.482. The van der Waals surface area contributed by atoms with Crippen molar-refractivity contribution in [3.63, 3.8) is 0 Å². The topological polar surface area (TPSA) is 78.2 Å². The van der Waals surface area contributed by atoms with E-state index in [1.807, 2.05) is 49.1 Å². The van der Waals surface area contributed by atoms with Crippen LogP contribution in [0.4, 0.5) is 5.69 Å². The molecule has 2 aliphatic heterocycles. The smallest absolute Gasteiger partial charge is 0.257 e. The minimum absolute atomic E-state index is 0.0641. The van der Waals surface area contributed by atoms with E-state index in [0.717, 1.165) is 54.8 Å². The summed E-state index contributed by atoms with van der Waals surface area (Å²) in [5.41, 5.74) is 4.38. The molecule has 8 nitrogen and oxygen atoms in total. The minimum atomic E-state index is -3.53. The van der Waals surface area contributed by atoms with Gasteiger partial charge in [0.15, 0.2) is 0 Å². The molecule has 1 amide bonds. The Morgan fingerprint density at radius 3 is 2.24 bits per heavy atom. The van der Waals surface area contributed by atoms with Crippen molar-refractivity contribution in [1.29, 1.82) is 0 Å². The number of pyridine rings is 1. The van der Waals surface area contributed by atoms with Gasteiger partial charge in [0.2, 0.25) is 10.0 Å². The van der Waals surface area contributed by atoms with Crippen LogP contribution in [0.5, 0.6) is 0 Å². The molecule has 2 aromatic heterocycles. The molecule has 1 aromatic carbocycles. The van der Waals surface area contributed by atoms with Gasteiger partial charge in [-0.3, -0.25) is 4.79 Å². The Hall–Kier alpha value is -2.91. The van der Waals surface area contributed by atoms with Crippen LogP contribution in [0.3, 0.4) is 0 Å². The van der Waals surface area contributed by atoms with Gasteiger partial charge < -0.3 is 9.80 Å². The molecule has 0 saturated carbocycles. The average Bonchev–Trinajstić information content (AvgIpc) is 3.22. The highest BCUT2D eigenvalue weighted by atomic mass is 32.2. The first kappa shape index (κ1) is 26.7. The molecule has 0 N–H and O–H groups in total. The Morgan fingerprint density at radius 1 is 1.00 bits per heavy atom. The van der Waals surface area contributed by atoms with Crippen molar-refractivity contribution in [2.24, 2.45) is 11.8 Å². The Balaban J connectivity index is 1.33. The molecule has 2 saturated heterocycles. The fourth-order valence-electron chi connectivity index (χ4n) is 6.18. The molecule has 204 valence electrons. The number of nitrogens with zero attached hydrogens (tertiary/aromatic N) is 5. The van der Waals surface area contributed by atoms with Crippen LogP contribution in [-0.2, 0) is 10.0 Å². The van der Waals surface area contributed by atoms with E-state index >= 15 is 0 Å². The van der Waals surface area contributed by atoms with Crippen molar-refractivity contribution in [1.82, 2.24) is 18.8 Å². The number of likely N-dealkylation sites (tertiary alicyclic amines) is 1. The molecule has 9 heteroatoms. The number of hydrogen-bond acceptors (Lipinski definition) is 5. The van der Waals surface area contributed by atoms with Crippen LogP contribution in [0.2, 0.25) is 0 Å². The highest BCUT2D eigenvalue weighted by molar-refractivity contribution is 7.89. The number of benzene rings is 1. The molecule has 0 bridgehead atoms. The second kappa shape index (κ2) is 10.3. The van der Waals surface area contributed by atoms with Gasteiger partial charge in [0, 0.05) is 52.2 Å². The Labute approximate surface area is 226 Å². The molecular formula is C29H39N5O3S. The van der Waals surface area contributed by atoms with E-state index in [4.69, 9.17) is 0 Å². The van der Waals surface area contributed by atoms with Crippen molar-refractivity contribution in [3.8, 4) is 0 Å². The number of aromatic nitrogens is 2. The van der Waals surface area contributed by atoms with Crippen molar-refractivity contribution >= 4 is 27.1 Å². The maximum Gasteiger partial charge on any atom is 0.257 e. The summed E-state index contributed by atoms with van der Waals surface area (Å²) < 4.78 is 29.9. The highest BCUT2D eigenvalue weighted by Gasteiger charge is 2.32. The molecule has 2 aliphatic rings. The van der Waals surface area contributed by atoms with E-state index in [0.29, 0.717) is 35.4 Å². The first-order chi connectivity index (χ1) is 18.0. The number of amides is 1. The average molecular weight is 538 g/mol. The SMILES string of the molecule is Cc1nn2ccc(C3CCN(S(=O)(=O)c4ccc(N(C)C)cc4)CC3)cc2c1C(=O)N1CC(C)CC(C)C1. The molecule has 4 heterocycles. The van der Waals surface area contributed by atoms with Gasteiger partial charge in [-0.05, 0) is 85.9 Å². The van der Waals surface area contributed by atoms with Gasteiger partial charge in [-0.15, -0.1) is 0 Å². The third-order valence-corrected chi connectivity index (χ3v) is 10.0. The van der Waals surface area contributed by atoms with Crippen LogP contribution in [0, 0.1) is 18.8 Å². The monoisotopic (exact) mass is 537 g/mol. The van der Waals surface area contributed by atoms with Gasteiger partial charge in [0.05, 0.1) is 21.7 Å². The second-order valence-corrected chi connectivity index (χ2v) is 13.4. The molecule has 2 atom stereocenters. The summed E-state index contributed by atoms with van der Waals surface area (Å²) in [5, 5.41) is 4.63. The maximum absolute atomic E-state index is 13.6. The van der Waals surface area contributed by atoms with E-state index in [1.165, 1.54) is 0 Å². The number of piperidine rings is 2. The largest absolute Gasteiger partial charge is 0.378 e. The summed E-state index contributed by atoms with van der Waals surface area (Å²) in [6.45, 7) is 8.84. The van der Waals surface area contributed by atoms with Gasteiger partial charge in [0.25, 0.3) is 5.91 Å². The molecule has 5 rings (SSSR count). The third kappa shape index (κ3) is 5.06. The van der Waals surface area contributed by atoms with Crippen molar-refractivity contribution < 1.29 is 13.2 Å². The van der Waals surface area contributed by atoms with E-state index in [9.17, 15) is 13.2 Å². The molecule has 0 radical (unpaired) electrons. The number of aryl methyl sites for hydroxylation is 1. The number of rotatable bonds is 5. The molecular weight excluding hydrogens is 498 g/mol. The Bertz CT molecular complexity index is 1410. The van der Waals surface area contributed by atoms with Crippen LogP contribution in [-0.4, -0.2) is 73.4 Å². The standard InChI is InChI=1S/C29H39N5O3S/c1-20-16-21(2)19-32(18-20)29(35)28-22(3)30-34-15-12-24(17-27(28)34)23-10-13-33(14-11-23)38(36,37)26-8-6-25(7-9-26)31(4)5/h6-9,12,15,17,20-21,23H,10-11,13-14,16,18-19H2,1-5H3. The van der Waals surface area contributed by atoms with E-state index in [-0.39, 0.29) is 11.8 Å². The third-order valence-electron chi connectivity index (χ3n) is 8.12. The predicted molar refractivity (Wildman–Crippen MR) is 150 cm³/mol. The number of fused-ring (bicyclic) bond motifs is 1. The van der Waals surface area contributed by atoms with Crippen LogP contribution >= 0.6 is 0 Å². The van der Waals surface area contributed by atoms with Crippen LogP contribution < -0.4 is 4.90 Å². The number of hydrogen-bond donors (Lipinski definition) is 0. The number of anilines is 1. The first-order valence-corrected chi connectivity index (χ1v) is 15.0. The fraction of sp³-hybridized carbons (Fsp3) is 0.517. The molecule has 38 heavy (non-hydrogen) atoms. The molecule has 3 aromatic rings. The zero-order valence-corrected chi connectivity index (χ0v) is 23.9. The number of carbonyl (C=O) groups is 1. The van der Waals surface area contributed by atoms with Gasteiger partial charge in [-0.2, -0.15) is 9.40 Å². The lowest BCUT2D eigenvalue weighted by Gasteiger charge is -2.35. The summed E-state index contributed by atoms with van der Waals surface area (Å²) in [4.78, 5) is 17.9. The first-order valence-electron chi connectivity index (χ1n) is 13.6. The number of sulfonamides is 1. The normalized spacial score (nSPS) is 21.7. The lowest BCUT2D eigenvalue weighted by molar-refractivity contribution is 0.0624. The number of carbonyl (C=O) groups excluding carboxylic acids is 1. The lowest BCUT2D eigenvalue weighted by atomic mass is 9.90. The fourth-order valence-corrected chi connectivity index (χ4v) is 7.65. The van der Waals surface area contributed by atoms with E-state index < -0.39 is 10.0 Å². The van der Waals surface area contributed by atoms with Crippen LogP contribution in [0.25, 0.3) is 5.52 Å². The molecule has 2 fully saturated rings. The molecule has 0 aliphatic carbocycles. The van der Waals surface area contributed by atoms with Gasteiger partial charge in [0.1, 0.15) is 0 Å². The van der Waals surface area contributed by atoms with Crippen molar-refractivity contribution in [2.75, 3.05) is 45.2 Å². The highest BCUT2D eigenvalue weighted by Crippen LogP contribution is 2.33. The van der Waals surface area contributed by atoms with E-state index in [2.05, 4.69) is 31.1 Å². The summed E-state index contributed by atoms with van der Waals surface area (Å²) >= 11 is 0. The van der Waals surface area contributed by atoms with Crippen LogP contribution in [0.1, 0.15) is 60.6 Å².